The zero-order valence-electron chi connectivity index (χ0n) is 15.2. The number of carbonyl (C=O) groups excluding carboxylic acids is 1. The molecule has 7 unspecified atom stereocenters. The summed E-state index contributed by atoms with van der Waals surface area (Å²) in [6.45, 7) is 4.31. The molecule has 4 aliphatic rings. The summed E-state index contributed by atoms with van der Waals surface area (Å²) in [6.07, 6.45) is 5.74. The highest BCUT2D eigenvalue weighted by Gasteiger charge is 2.66. The zero-order chi connectivity index (χ0) is 17.3. The van der Waals surface area contributed by atoms with Gasteiger partial charge < -0.3 is 14.9 Å². The van der Waals surface area contributed by atoms with E-state index in [0.717, 1.165) is 32.1 Å². The van der Waals surface area contributed by atoms with Crippen LogP contribution in [0.1, 0.15) is 58.8 Å². The minimum Gasteiger partial charge on any atom is -0.392 e. The quantitative estimate of drug-likeness (QED) is 0.772. The van der Waals surface area contributed by atoms with Crippen LogP contribution >= 0.6 is 0 Å². The molecule has 0 amide bonds. The Balaban J connectivity index is 1.67. The molecule has 4 nitrogen and oxygen atoms in total. The molecule has 4 heteroatoms. The third kappa shape index (κ3) is 2.05. The van der Waals surface area contributed by atoms with Crippen LogP contribution < -0.4 is 0 Å². The Morgan fingerprint density at radius 3 is 2.58 bits per heavy atom. The van der Waals surface area contributed by atoms with Gasteiger partial charge >= 0.3 is 0 Å². The molecule has 4 fully saturated rings. The number of carbonyl (C=O) groups is 1. The van der Waals surface area contributed by atoms with Gasteiger partial charge in [0.2, 0.25) is 0 Å². The zero-order valence-corrected chi connectivity index (χ0v) is 15.2. The Hall–Kier alpha value is -0.450. The molecule has 4 aliphatic carbocycles. The van der Waals surface area contributed by atoms with Crippen molar-refractivity contribution in [2.75, 3.05) is 7.11 Å². The fourth-order valence-electron chi connectivity index (χ4n) is 7.23. The molecule has 4 rings (SSSR count). The summed E-state index contributed by atoms with van der Waals surface area (Å²) in [5, 5.41) is 21.5. The van der Waals surface area contributed by atoms with Crippen molar-refractivity contribution in [1.82, 2.24) is 0 Å². The average Bonchev–Trinajstić information content (AvgIpc) is 2.79. The molecule has 136 valence electrons. The summed E-state index contributed by atoms with van der Waals surface area (Å²) in [6, 6.07) is 0. The average molecular weight is 336 g/mol. The van der Waals surface area contributed by atoms with Crippen LogP contribution in [0.3, 0.4) is 0 Å². The van der Waals surface area contributed by atoms with Crippen LogP contribution in [0.4, 0.5) is 0 Å². The van der Waals surface area contributed by atoms with Gasteiger partial charge in [0.25, 0.3) is 0 Å². The molecule has 0 aromatic carbocycles. The Bertz CT molecular complexity index is 534. The lowest BCUT2D eigenvalue weighted by Crippen LogP contribution is -2.59. The molecule has 24 heavy (non-hydrogen) atoms. The summed E-state index contributed by atoms with van der Waals surface area (Å²) in [7, 11) is 1.81. The van der Waals surface area contributed by atoms with Crippen LogP contribution in [-0.4, -0.2) is 41.4 Å². The fourth-order valence-corrected chi connectivity index (χ4v) is 7.23. The highest BCUT2D eigenvalue weighted by atomic mass is 16.5. The first kappa shape index (κ1) is 17.0. The standard InChI is InChI=1S/C20H32O4/c1-19-7-6-12(24-3)8-11(19)4-5-13-14(19)9-16(22)20(2)17(23)10-15(21)18(13)20/h11-16,18,21-22H,4-10H2,1-3H3/t11-,12?,13?,14?,15-,16?,18?,19?,20?/m0/s1. The normalized spacial score (nSPS) is 57.2. The number of ketones is 1. The van der Waals surface area contributed by atoms with Gasteiger partial charge in [0.05, 0.1) is 23.7 Å². The maximum absolute atomic E-state index is 12.5. The van der Waals surface area contributed by atoms with Gasteiger partial charge in [-0.25, -0.2) is 0 Å². The number of hydrogen-bond acceptors (Lipinski definition) is 4. The molecule has 0 aliphatic heterocycles. The summed E-state index contributed by atoms with van der Waals surface area (Å²) in [5.41, 5.74) is -0.515. The molecule has 0 spiro atoms. The first-order valence-electron chi connectivity index (χ1n) is 9.74. The summed E-state index contributed by atoms with van der Waals surface area (Å²) < 4.78 is 5.62. The van der Waals surface area contributed by atoms with Gasteiger partial charge in [-0.05, 0) is 68.6 Å². The van der Waals surface area contributed by atoms with Crippen molar-refractivity contribution in [3.63, 3.8) is 0 Å². The first-order chi connectivity index (χ1) is 11.3. The van der Waals surface area contributed by atoms with Crippen LogP contribution in [0.15, 0.2) is 0 Å². The van der Waals surface area contributed by atoms with Crippen LogP contribution in [-0.2, 0) is 9.53 Å². The molecule has 0 aromatic rings. The number of methoxy groups -OCH3 is 1. The molecule has 0 bridgehead atoms. The van der Waals surface area contributed by atoms with Crippen molar-refractivity contribution < 1.29 is 19.7 Å². The van der Waals surface area contributed by atoms with E-state index < -0.39 is 17.6 Å². The smallest absolute Gasteiger partial charge is 0.144 e. The molecule has 0 saturated heterocycles. The molecule has 4 saturated carbocycles. The number of aliphatic hydroxyl groups excluding tert-OH is 2. The Labute approximate surface area is 145 Å². The third-order valence-corrected chi connectivity index (χ3v) is 8.76. The van der Waals surface area contributed by atoms with E-state index in [0.29, 0.717) is 23.9 Å². The van der Waals surface area contributed by atoms with Crippen molar-refractivity contribution in [2.45, 2.75) is 77.1 Å². The maximum Gasteiger partial charge on any atom is 0.144 e. The van der Waals surface area contributed by atoms with Gasteiger partial charge in [-0.3, -0.25) is 4.79 Å². The van der Waals surface area contributed by atoms with Crippen molar-refractivity contribution >= 4 is 5.78 Å². The third-order valence-electron chi connectivity index (χ3n) is 8.76. The molecular formula is C20H32O4. The number of aliphatic hydroxyl groups is 2. The second-order valence-corrected chi connectivity index (χ2v) is 9.44. The van der Waals surface area contributed by atoms with E-state index >= 15 is 0 Å². The molecule has 0 radical (unpaired) electrons. The van der Waals surface area contributed by atoms with Crippen molar-refractivity contribution in [1.29, 1.82) is 0 Å². The number of Topliss-reactive ketones (excluding diaryl/α,β-unsaturated/α-hetero) is 1. The van der Waals surface area contributed by atoms with Gasteiger partial charge in [0.1, 0.15) is 5.78 Å². The van der Waals surface area contributed by atoms with Crippen LogP contribution in [0.5, 0.6) is 0 Å². The summed E-state index contributed by atoms with van der Waals surface area (Å²) in [4.78, 5) is 12.5. The number of hydrogen-bond donors (Lipinski definition) is 2. The lowest BCUT2D eigenvalue weighted by Gasteiger charge is -2.61. The van der Waals surface area contributed by atoms with Crippen molar-refractivity contribution in [3.05, 3.63) is 0 Å². The Kier molecular flexibility index (Phi) is 3.91. The van der Waals surface area contributed by atoms with Crippen LogP contribution in [0.25, 0.3) is 0 Å². The Morgan fingerprint density at radius 1 is 1.12 bits per heavy atom. The van der Waals surface area contributed by atoms with Gasteiger partial charge in [-0.1, -0.05) is 6.92 Å². The van der Waals surface area contributed by atoms with Crippen molar-refractivity contribution in [3.8, 4) is 0 Å². The van der Waals surface area contributed by atoms with Crippen LogP contribution in [0.2, 0.25) is 0 Å². The minimum atomic E-state index is -0.729. The van der Waals surface area contributed by atoms with E-state index in [4.69, 9.17) is 4.74 Å². The second kappa shape index (κ2) is 5.52. The first-order valence-corrected chi connectivity index (χ1v) is 9.74. The van der Waals surface area contributed by atoms with Gasteiger partial charge in [0.15, 0.2) is 0 Å². The molecule has 2 N–H and O–H groups in total. The Morgan fingerprint density at radius 2 is 1.88 bits per heavy atom. The number of ether oxygens (including phenoxy) is 1. The topological polar surface area (TPSA) is 66.8 Å². The summed E-state index contributed by atoms with van der Waals surface area (Å²) in [5.74, 6) is 1.45. The van der Waals surface area contributed by atoms with E-state index in [1.807, 2.05) is 14.0 Å². The van der Waals surface area contributed by atoms with Crippen molar-refractivity contribution in [2.24, 2.45) is 34.5 Å². The number of rotatable bonds is 1. The van der Waals surface area contributed by atoms with Crippen LogP contribution in [0, 0.1) is 34.5 Å². The van der Waals surface area contributed by atoms with Gasteiger partial charge in [-0.2, -0.15) is 0 Å². The lowest BCUT2D eigenvalue weighted by molar-refractivity contribution is -0.179. The monoisotopic (exact) mass is 336 g/mol. The van der Waals surface area contributed by atoms with E-state index in [9.17, 15) is 15.0 Å². The second-order valence-electron chi connectivity index (χ2n) is 9.44. The fraction of sp³-hybridized carbons (Fsp3) is 0.950. The van der Waals surface area contributed by atoms with E-state index in [2.05, 4.69) is 6.92 Å². The number of fused-ring (bicyclic) bond motifs is 5. The van der Waals surface area contributed by atoms with E-state index in [1.54, 1.807) is 0 Å². The summed E-state index contributed by atoms with van der Waals surface area (Å²) >= 11 is 0. The van der Waals surface area contributed by atoms with Gasteiger partial charge in [0, 0.05) is 19.4 Å². The van der Waals surface area contributed by atoms with Gasteiger partial charge in [-0.15, -0.1) is 0 Å². The van der Waals surface area contributed by atoms with E-state index in [-0.39, 0.29) is 23.5 Å². The molecule has 0 aromatic heterocycles. The van der Waals surface area contributed by atoms with E-state index in [1.165, 1.54) is 6.42 Å². The highest BCUT2D eigenvalue weighted by Crippen LogP contribution is 2.65. The molecular weight excluding hydrogens is 304 g/mol. The molecule has 0 heterocycles. The minimum absolute atomic E-state index is 0.0586. The SMILES string of the molecule is COC1CCC2(C)C3CC(O)C4(C)C(=O)C[C@H](O)C4C3CC[C@H]2C1. The highest BCUT2D eigenvalue weighted by molar-refractivity contribution is 5.88. The predicted octanol–water partition coefficient (Wildman–Crippen LogP) is 2.55. The molecule has 9 atom stereocenters. The maximum atomic E-state index is 12.5. The predicted molar refractivity (Wildman–Crippen MR) is 90.3 cm³/mol. The largest absolute Gasteiger partial charge is 0.392 e. The lowest BCUT2D eigenvalue weighted by atomic mass is 9.44.